The fourth-order valence-corrected chi connectivity index (χ4v) is 3.17. The topological polar surface area (TPSA) is 90.0 Å². The van der Waals surface area contributed by atoms with E-state index < -0.39 is 4.92 Å². The van der Waals surface area contributed by atoms with E-state index in [0.717, 1.165) is 17.2 Å². The zero-order chi connectivity index (χ0) is 17.4. The summed E-state index contributed by atoms with van der Waals surface area (Å²) in [7, 11) is 0. The standard InChI is InChI=1S/C16H13ClN6O2/c17-13-8-12(23(24)25)9-18-16(13)21-6-7-22-14(10-21)19-20-15(22)11-4-2-1-3-5-11/h1-5,8-9H,6-7,10H2. The molecule has 0 fully saturated rings. The summed E-state index contributed by atoms with van der Waals surface area (Å²) in [6.45, 7) is 1.83. The third-order valence-electron chi connectivity index (χ3n) is 4.10. The van der Waals surface area contributed by atoms with Gasteiger partial charge in [0, 0.05) is 24.7 Å². The van der Waals surface area contributed by atoms with Gasteiger partial charge in [-0.1, -0.05) is 41.9 Å². The van der Waals surface area contributed by atoms with E-state index >= 15 is 0 Å². The molecule has 3 aromatic rings. The zero-order valence-electron chi connectivity index (χ0n) is 13.0. The molecule has 1 aliphatic rings. The molecule has 0 saturated carbocycles. The van der Waals surface area contributed by atoms with Crippen LogP contribution in [0.5, 0.6) is 0 Å². The normalized spacial score (nSPS) is 13.6. The van der Waals surface area contributed by atoms with Crippen molar-refractivity contribution in [3.8, 4) is 11.4 Å². The van der Waals surface area contributed by atoms with Gasteiger partial charge in [0.15, 0.2) is 11.6 Å². The number of nitrogens with zero attached hydrogens (tertiary/aromatic N) is 6. The van der Waals surface area contributed by atoms with Crippen molar-refractivity contribution in [1.82, 2.24) is 19.7 Å². The van der Waals surface area contributed by atoms with Crippen molar-refractivity contribution in [3.05, 3.63) is 63.6 Å². The van der Waals surface area contributed by atoms with Crippen LogP contribution in [0.3, 0.4) is 0 Å². The molecule has 1 aliphatic heterocycles. The highest BCUT2D eigenvalue weighted by Gasteiger charge is 2.24. The van der Waals surface area contributed by atoms with Gasteiger partial charge in [-0.15, -0.1) is 10.2 Å². The summed E-state index contributed by atoms with van der Waals surface area (Å²) < 4.78 is 2.07. The second kappa shape index (κ2) is 6.14. The van der Waals surface area contributed by atoms with Gasteiger partial charge in [-0.2, -0.15) is 0 Å². The molecule has 0 radical (unpaired) electrons. The molecule has 3 heterocycles. The molecule has 2 aromatic heterocycles. The molecule has 0 saturated heterocycles. The molecule has 4 rings (SSSR count). The van der Waals surface area contributed by atoms with Crippen LogP contribution in [0.15, 0.2) is 42.6 Å². The van der Waals surface area contributed by atoms with E-state index in [4.69, 9.17) is 11.6 Å². The first kappa shape index (κ1) is 15.5. The summed E-state index contributed by atoms with van der Waals surface area (Å²) in [5.41, 5.74) is 0.890. The number of halogens is 1. The molecule has 0 amide bonds. The summed E-state index contributed by atoms with van der Waals surface area (Å²) in [6.07, 6.45) is 1.22. The van der Waals surface area contributed by atoms with Crippen LogP contribution < -0.4 is 4.90 Å². The highest BCUT2D eigenvalue weighted by molar-refractivity contribution is 6.33. The summed E-state index contributed by atoms with van der Waals surface area (Å²) in [4.78, 5) is 16.4. The van der Waals surface area contributed by atoms with E-state index in [9.17, 15) is 10.1 Å². The van der Waals surface area contributed by atoms with Crippen LogP contribution in [0.4, 0.5) is 11.5 Å². The van der Waals surface area contributed by atoms with E-state index in [0.29, 0.717) is 25.5 Å². The number of anilines is 1. The van der Waals surface area contributed by atoms with Crippen LogP contribution in [0.2, 0.25) is 5.02 Å². The fraction of sp³-hybridized carbons (Fsp3) is 0.188. The van der Waals surface area contributed by atoms with Crippen LogP contribution in [0.25, 0.3) is 11.4 Å². The first-order valence-electron chi connectivity index (χ1n) is 7.66. The third kappa shape index (κ3) is 2.80. The molecule has 9 heteroatoms. The van der Waals surface area contributed by atoms with Crippen LogP contribution in [-0.2, 0) is 13.1 Å². The molecule has 0 atom stereocenters. The minimum atomic E-state index is -0.512. The van der Waals surface area contributed by atoms with Crippen molar-refractivity contribution in [2.75, 3.05) is 11.4 Å². The Bertz CT molecular complexity index is 943. The molecule has 25 heavy (non-hydrogen) atoms. The Labute approximate surface area is 147 Å². The monoisotopic (exact) mass is 356 g/mol. The molecule has 126 valence electrons. The quantitative estimate of drug-likeness (QED) is 0.529. The van der Waals surface area contributed by atoms with Gasteiger partial charge < -0.3 is 9.47 Å². The Morgan fingerprint density at radius 1 is 1.16 bits per heavy atom. The van der Waals surface area contributed by atoms with E-state index in [2.05, 4.69) is 19.7 Å². The number of hydrogen-bond donors (Lipinski definition) is 0. The van der Waals surface area contributed by atoms with Crippen molar-refractivity contribution < 1.29 is 4.92 Å². The Morgan fingerprint density at radius 3 is 2.68 bits per heavy atom. The Morgan fingerprint density at radius 2 is 1.96 bits per heavy atom. The molecule has 0 aliphatic carbocycles. The number of aromatic nitrogens is 4. The van der Waals surface area contributed by atoms with Gasteiger partial charge in [0.1, 0.15) is 12.0 Å². The van der Waals surface area contributed by atoms with Gasteiger partial charge in [0.05, 0.1) is 16.5 Å². The lowest BCUT2D eigenvalue weighted by Gasteiger charge is -2.29. The Hall–Kier alpha value is -3.00. The van der Waals surface area contributed by atoms with Crippen molar-refractivity contribution in [2.45, 2.75) is 13.1 Å². The maximum Gasteiger partial charge on any atom is 0.289 e. The molecule has 0 unspecified atom stereocenters. The van der Waals surface area contributed by atoms with Crippen LogP contribution in [0.1, 0.15) is 5.82 Å². The Kier molecular flexibility index (Phi) is 3.81. The van der Waals surface area contributed by atoms with Gasteiger partial charge >= 0.3 is 0 Å². The molecular formula is C16H13ClN6O2. The minimum absolute atomic E-state index is 0.125. The maximum absolute atomic E-state index is 10.8. The van der Waals surface area contributed by atoms with Crippen molar-refractivity contribution >= 4 is 23.1 Å². The second-order valence-electron chi connectivity index (χ2n) is 5.64. The number of fused-ring (bicyclic) bond motifs is 1. The summed E-state index contributed by atoms with van der Waals surface area (Å²) >= 11 is 6.18. The van der Waals surface area contributed by atoms with Gasteiger partial charge in [0.25, 0.3) is 5.69 Å². The predicted octanol–water partition coefficient (Wildman–Crippen LogP) is 2.92. The predicted molar refractivity (Wildman–Crippen MR) is 92.4 cm³/mol. The maximum atomic E-state index is 10.8. The van der Waals surface area contributed by atoms with E-state index in [1.54, 1.807) is 0 Å². The molecule has 1 aromatic carbocycles. The fourth-order valence-electron chi connectivity index (χ4n) is 2.89. The van der Waals surface area contributed by atoms with Gasteiger partial charge in [-0.25, -0.2) is 4.98 Å². The van der Waals surface area contributed by atoms with Crippen LogP contribution >= 0.6 is 11.6 Å². The van der Waals surface area contributed by atoms with Crippen molar-refractivity contribution in [1.29, 1.82) is 0 Å². The highest BCUT2D eigenvalue weighted by Crippen LogP contribution is 2.30. The number of nitro groups is 1. The van der Waals surface area contributed by atoms with E-state index in [-0.39, 0.29) is 10.7 Å². The molecule has 8 nitrogen and oxygen atoms in total. The van der Waals surface area contributed by atoms with Crippen LogP contribution in [-0.4, -0.2) is 31.2 Å². The number of rotatable bonds is 3. The highest BCUT2D eigenvalue weighted by atomic mass is 35.5. The summed E-state index contributed by atoms with van der Waals surface area (Å²) in [6, 6.07) is 11.2. The van der Waals surface area contributed by atoms with Gasteiger partial charge in [-0.3, -0.25) is 10.1 Å². The third-order valence-corrected chi connectivity index (χ3v) is 4.38. The Balaban J connectivity index is 1.62. The summed E-state index contributed by atoms with van der Waals surface area (Å²) in [5.74, 6) is 2.15. The molecule has 0 spiro atoms. The molecular weight excluding hydrogens is 344 g/mol. The number of pyridine rings is 1. The average molecular weight is 357 g/mol. The second-order valence-corrected chi connectivity index (χ2v) is 6.04. The lowest BCUT2D eigenvalue weighted by Crippen LogP contribution is -2.34. The first-order chi connectivity index (χ1) is 12.1. The van der Waals surface area contributed by atoms with E-state index in [1.807, 2.05) is 35.2 Å². The van der Waals surface area contributed by atoms with Gasteiger partial charge in [-0.05, 0) is 0 Å². The lowest BCUT2D eigenvalue weighted by molar-refractivity contribution is -0.385. The summed E-state index contributed by atoms with van der Waals surface area (Å²) in [5, 5.41) is 19.6. The first-order valence-corrected chi connectivity index (χ1v) is 8.03. The van der Waals surface area contributed by atoms with Crippen LogP contribution in [0, 0.1) is 10.1 Å². The average Bonchev–Trinajstić information content (AvgIpc) is 3.05. The van der Waals surface area contributed by atoms with E-state index in [1.165, 1.54) is 12.3 Å². The minimum Gasteiger partial charge on any atom is -0.346 e. The number of benzene rings is 1. The smallest absolute Gasteiger partial charge is 0.289 e. The van der Waals surface area contributed by atoms with Crippen molar-refractivity contribution in [3.63, 3.8) is 0 Å². The van der Waals surface area contributed by atoms with Gasteiger partial charge in [0.2, 0.25) is 0 Å². The zero-order valence-corrected chi connectivity index (χ0v) is 13.8. The largest absolute Gasteiger partial charge is 0.346 e. The van der Waals surface area contributed by atoms with Crippen molar-refractivity contribution in [2.24, 2.45) is 0 Å². The molecule has 0 N–H and O–H groups in total. The lowest BCUT2D eigenvalue weighted by atomic mass is 10.2. The molecule has 0 bridgehead atoms. The SMILES string of the molecule is O=[N+]([O-])c1cnc(N2CCn3c(nnc3-c3ccccc3)C2)c(Cl)c1. The number of hydrogen-bond acceptors (Lipinski definition) is 6.